The molecule has 0 radical (unpaired) electrons. The third-order valence-electron chi connectivity index (χ3n) is 5.12. The summed E-state index contributed by atoms with van der Waals surface area (Å²) in [5, 5.41) is 12.9. The highest BCUT2D eigenvalue weighted by Gasteiger charge is 2.26. The molecule has 156 valence electrons. The molecule has 2 aromatic carbocycles. The van der Waals surface area contributed by atoms with E-state index in [0.29, 0.717) is 19.6 Å². The summed E-state index contributed by atoms with van der Waals surface area (Å²) in [6.07, 6.45) is -0.580. The summed E-state index contributed by atoms with van der Waals surface area (Å²) < 4.78 is 19.3. The Bertz CT molecular complexity index is 782. The van der Waals surface area contributed by atoms with Crippen molar-refractivity contribution in [2.75, 3.05) is 44.6 Å². The molecule has 1 fully saturated rings. The number of amides is 1. The lowest BCUT2D eigenvalue weighted by atomic mass is 10.2. The lowest BCUT2D eigenvalue weighted by Crippen LogP contribution is -2.54. The number of hydrogen-bond acceptors (Lipinski definition) is 5. The van der Waals surface area contributed by atoms with Crippen molar-refractivity contribution >= 4 is 11.6 Å². The molecule has 1 saturated heterocycles. The summed E-state index contributed by atoms with van der Waals surface area (Å²) >= 11 is 0. The second-order valence-electron chi connectivity index (χ2n) is 7.26. The first kappa shape index (κ1) is 21.2. The molecule has 29 heavy (non-hydrogen) atoms. The first-order valence-electron chi connectivity index (χ1n) is 9.90. The van der Waals surface area contributed by atoms with Gasteiger partial charge in [-0.2, -0.15) is 0 Å². The van der Waals surface area contributed by atoms with Gasteiger partial charge < -0.3 is 15.2 Å². The Kier molecular flexibility index (Phi) is 7.57. The van der Waals surface area contributed by atoms with Crippen molar-refractivity contribution < 1.29 is 19.0 Å². The number of aliphatic hydroxyl groups is 1. The maximum atomic E-state index is 13.7. The zero-order valence-corrected chi connectivity index (χ0v) is 16.6. The van der Waals surface area contributed by atoms with Crippen LogP contribution in [0.25, 0.3) is 0 Å². The van der Waals surface area contributed by atoms with Crippen LogP contribution in [0.15, 0.2) is 54.6 Å². The molecule has 0 aliphatic carbocycles. The number of halogens is 1. The minimum absolute atomic E-state index is 0.199. The number of nitrogens with zero attached hydrogens (tertiary/aromatic N) is 2. The third kappa shape index (κ3) is 6.25. The SMILES string of the molecule is CC(C(=O)Nc1ccccc1F)N1CCN(CC(O)COc2ccccc2)CC1. The molecule has 1 amide bonds. The highest BCUT2D eigenvalue weighted by atomic mass is 19.1. The van der Waals surface area contributed by atoms with Crippen LogP contribution in [0.3, 0.4) is 0 Å². The summed E-state index contributed by atoms with van der Waals surface area (Å²) in [6.45, 7) is 5.51. The van der Waals surface area contributed by atoms with E-state index < -0.39 is 11.9 Å². The second kappa shape index (κ2) is 10.3. The number of β-amino-alcohol motifs (C(OH)–C–C–N with tert-alkyl or cyclic N) is 1. The van der Waals surface area contributed by atoms with Crippen molar-refractivity contribution in [2.24, 2.45) is 0 Å². The Hall–Kier alpha value is -2.48. The van der Waals surface area contributed by atoms with Gasteiger partial charge in [-0.3, -0.25) is 14.6 Å². The molecule has 2 aromatic rings. The minimum atomic E-state index is -0.580. The molecule has 2 N–H and O–H groups in total. The Labute approximate surface area is 170 Å². The molecule has 2 unspecified atom stereocenters. The van der Waals surface area contributed by atoms with Gasteiger partial charge in [0.05, 0.1) is 11.7 Å². The van der Waals surface area contributed by atoms with Gasteiger partial charge in [0.15, 0.2) is 0 Å². The van der Waals surface area contributed by atoms with Gasteiger partial charge in [0.1, 0.15) is 24.3 Å². The summed E-state index contributed by atoms with van der Waals surface area (Å²) in [5.41, 5.74) is 0.199. The number of nitrogens with one attached hydrogen (secondary N) is 1. The third-order valence-corrected chi connectivity index (χ3v) is 5.12. The van der Waals surface area contributed by atoms with Crippen LogP contribution in [0.5, 0.6) is 5.75 Å². The second-order valence-corrected chi connectivity index (χ2v) is 7.26. The number of aliphatic hydroxyl groups excluding tert-OH is 1. The van der Waals surface area contributed by atoms with Gasteiger partial charge in [0, 0.05) is 32.7 Å². The number of para-hydroxylation sites is 2. The number of benzene rings is 2. The molecule has 1 aliphatic rings. The van der Waals surface area contributed by atoms with Crippen LogP contribution in [0.1, 0.15) is 6.92 Å². The van der Waals surface area contributed by atoms with Crippen LogP contribution in [0.2, 0.25) is 0 Å². The molecule has 3 rings (SSSR count). The molecular formula is C22H28FN3O3. The molecule has 2 atom stereocenters. The van der Waals surface area contributed by atoms with Crippen molar-refractivity contribution in [3.63, 3.8) is 0 Å². The molecule has 1 heterocycles. The summed E-state index contributed by atoms with van der Waals surface area (Å²) in [7, 11) is 0. The predicted octanol–water partition coefficient (Wildman–Crippen LogP) is 2.21. The van der Waals surface area contributed by atoms with Crippen LogP contribution in [-0.4, -0.2) is 72.3 Å². The molecule has 6 nitrogen and oxygen atoms in total. The van der Waals surface area contributed by atoms with E-state index in [1.807, 2.05) is 37.3 Å². The monoisotopic (exact) mass is 401 g/mol. The van der Waals surface area contributed by atoms with E-state index in [-0.39, 0.29) is 24.2 Å². The van der Waals surface area contributed by atoms with E-state index in [2.05, 4.69) is 15.1 Å². The smallest absolute Gasteiger partial charge is 0.241 e. The quantitative estimate of drug-likeness (QED) is 0.710. The largest absolute Gasteiger partial charge is 0.491 e. The van der Waals surface area contributed by atoms with Crippen LogP contribution >= 0.6 is 0 Å². The lowest BCUT2D eigenvalue weighted by molar-refractivity contribution is -0.121. The highest BCUT2D eigenvalue weighted by molar-refractivity contribution is 5.94. The van der Waals surface area contributed by atoms with Gasteiger partial charge in [-0.1, -0.05) is 30.3 Å². The Balaban J connectivity index is 1.40. The van der Waals surface area contributed by atoms with E-state index in [1.54, 1.807) is 18.2 Å². The molecular weight excluding hydrogens is 373 g/mol. The van der Waals surface area contributed by atoms with Gasteiger partial charge in [-0.05, 0) is 31.2 Å². The first-order valence-corrected chi connectivity index (χ1v) is 9.90. The summed E-state index contributed by atoms with van der Waals surface area (Å²) in [5.74, 6) is 0.0792. The van der Waals surface area contributed by atoms with Crippen LogP contribution in [-0.2, 0) is 4.79 Å². The van der Waals surface area contributed by atoms with Gasteiger partial charge in [0.2, 0.25) is 5.91 Å². The summed E-state index contributed by atoms with van der Waals surface area (Å²) in [4.78, 5) is 16.7. The van der Waals surface area contributed by atoms with E-state index in [4.69, 9.17) is 4.74 Å². The lowest BCUT2D eigenvalue weighted by Gasteiger charge is -2.38. The van der Waals surface area contributed by atoms with E-state index in [1.165, 1.54) is 6.07 Å². The molecule has 7 heteroatoms. The maximum absolute atomic E-state index is 13.7. The Morgan fingerprint density at radius 2 is 1.76 bits per heavy atom. The minimum Gasteiger partial charge on any atom is -0.491 e. The van der Waals surface area contributed by atoms with Crippen molar-refractivity contribution in [1.29, 1.82) is 0 Å². The average Bonchev–Trinajstić information content (AvgIpc) is 2.74. The fraction of sp³-hybridized carbons (Fsp3) is 0.409. The number of carbonyl (C=O) groups is 1. The van der Waals surface area contributed by atoms with Crippen molar-refractivity contribution in [2.45, 2.75) is 19.1 Å². The van der Waals surface area contributed by atoms with Gasteiger partial charge >= 0.3 is 0 Å². The van der Waals surface area contributed by atoms with E-state index in [9.17, 15) is 14.3 Å². The molecule has 0 spiro atoms. The number of rotatable bonds is 8. The highest BCUT2D eigenvalue weighted by Crippen LogP contribution is 2.15. The number of ether oxygens (including phenoxy) is 1. The number of hydrogen-bond donors (Lipinski definition) is 2. The first-order chi connectivity index (χ1) is 14.0. The summed E-state index contributed by atoms with van der Waals surface area (Å²) in [6, 6.07) is 15.2. The zero-order chi connectivity index (χ0) is 20.6. The van der Waals surface area contributed by atoms with Crippen molar-refractivity contribution in [1.82, 2.24) is 9.80 Å². The number of piperazine rings is 1. The molecule has 0 aromatic heterocycles. The number of carbonyl (C=O) groups excluding carboxylic acids is 1. The van der Waals surface area contributed by atoms with E-state index in [0.717, 1.165) is 18.8 Å². The molecule has 0 bridgehead atoms. The standard InChI is InChI=1S/C22H28FN3O3/c1-17(22(28)24-21-10-6-5-9-20(21)23)26-13-11-25(12-14-26)15-18(27)16-29-19-7-3-2-4-8-19/h2-10,17-18,27H,11-16H2,1H3,(H,24,28). The van der Waals surface area contributed by atoms with Gasteiger partial charge in [-0.15, -0.1) is 0 Å². The fourth-order valence-electron chi connectivity index (χ4n) is 3.36. The van der Waals surface area contributed by atoms with Gasteiger partial charge in [0.25, 0.3) is 0 Å². The molecule has 1 aliphatic heterocycles. The van der Waals surface area contributed by atoms with Crippen molar-refractivity contribution in [3.8, 4) is 5.75 Å². The Morgan fingerprint density at radius 1 is 1.10 bits per heavy atom. The van der Waals surface area contributed by atoms with Crippen LogP contribution < -0.4 is 10.1 Å². The Morgan fingerprint density at radius 3 is 2.45 bits per heavy atom. The normalized spacial score (nSPS) is 17.5. The van der Waals surface area contributed by atoms with Crippen LogP contribution in [0.4, 0.5) is 10.1 Å². The predicted molar refractivity (Wildman–Crippen MR) is 110 cm³/mol. The number of anilines is 1. The fourth-order valence-corrected chi connectivity index (χ4v) is 3.36. The van der Waals surface area contributed by atoms with Crippen molar-refractivity contribution in [3.05, 3.63) is 60.4 Å². The topological polar surface area (TPSA) is 65.0 Å². The zero-order valence-electron chi connectivity index (χ0n) is 16.6. The maximum Gasteiger partial charge on any atom is 0.241 e. The average molecular weight is 401 g/mol. The molecule has 0 saturated carbocycles. The van der Waals surface area contributed by atoms with Gasteiger partial charge in [-0.25, -0.2) is 4.39 Å². The van der Waals surface area contributed by atoms with Crippen LogP contribution in [0, 0.1) is 5.82 Å². The van der Waals surface area contributed by atoms with E-state index >= 15 is 0 Å².